The summed E-state index contributed by atoms with van der Waals surface area (Å²) in [6, 6.07) is 7.69. The smallest absolute Gasteiger partial charge is 0.285 e. The number of carbonyl (C=O) groups excluding carboxylic acids is 1. The number of pyridine rings is 1. The molecule has 0 bridgehead atoms. The van der Waals surface area contributed by atoms with Crippen molar-refractivity contribution in [1.29, 1.82) is 0 Å². The Hall–Kier alpha value is -2.12. The average molecular weight is 324 g/mol. The first-order valence-corrected chi connectivity index (χ1v) is 7.79. The molecule has 1 aliphatic heterocycles. The number of nitrogens with two attached hydrogens (primary N) is 1. The van der Waals surface area contributed by atoms with Crippen molar-refractivity contribution in [3.8, 4) is 0 Å². The second-order valence-electron chi connectivity index (χ2n) is 4.53. The van der Waals surface area contributed by atoms with Crippen LogP contribution in [0.5, 0.6) is 0 Å². The number of amides is 1. The van der Waals surface area contributed by atoms with Crippen LogP contribution in [0, 0.1) is 0 Å². The van der Waals surface area contributed by atoms with E-state index in [0.717, 1.165) is 4.31 Å². The molecule has 108 valence electrons. The molecule has 0 atom stereocenters. The van der Waals surface area contributed by atoms with E-state index in [0.29, 0.717) is 16.3 Å². The Labute approximate surface area is 126 Å². The maximum atomic E-state index is 12.3. The van der Waals surface area contributed by atoms with Gasteiger partial charge < -0.3 is 5.73 Å². The molecule has 0 saturated carbocycles. The molecule has 3 rings (SSSR count). The van der Waals surface area contributed by atoms with Crippen molar-refractivity contribution in [3.63, 3.8) is 0 Å². The van der Waals surface area contributed by atoms with E-state index in [4.69, 9.17) is 17.3 Å². The molecule has 1 aromatic carbocycles. The van der Waals surface area contributed by atoms with Crippen molar-refractivity contribution < 1.29 is 13.2 Å². The normalized spacial score (nSPS) is 16.0. The Morgan fingerprint density at radius 1 is 1.29 bits per heavy atom. The predicted octanol–water partition coefficient (Wildman–Crippen LogP) is 1.66. The summed E-state index contributed by atoms with van der Waals surface area (Å²) < 4.78 is 25.5. The van der Waals surface area contributed by atoms with Gasteiger partial charge in [-0.1, -0.05) is 17.7 Å². The first-order chi connectivity index (χ1) is 9.91. The third-order valence-electron chi connectivity index (χ3n) is 3.15. The van der Waals surface area contributed by atoms with E-state index in [1.807, 2.05) is 0 Å². The molecule has 2 N–H and O–H groups in total. The van der Waals surface area contributed by atoms with Crippen molar-refractivity contribution >= 4 is 33.2 Å². The molecule has 8 heteroatoms. The van der Waals surface area contributed by atoms with Crippen LogP contribution >= 0.6 is 11.6 Å². The van der Waals surface area contributed by atoms with Gasteiger partial charge in [-0.2, -0.15) is 8.42 Å². The number of benzene rings is 1. The van der Waals surface area contributed by atoms with Gasteiger partial charge >= 0.3 is 0 Å². The molecule has 6 nitrogen and oxygen atoms in total. The summed E-state index contributed by atoms with van der Waals surface area (Å²) in [6.07, 6.45) is 1.34. The standard InChI is InChI=1S/C13H10ClN3O3S/c14-10-4-3-8(6-11(10)15)7-17-13(18)9-2-1-5-16-12(9)21(17,19)20/h1-6H,7,15H2. The second kappa shape index (κ2) is 4.71. The molecule has 2 heterocycles. The first-order valence-electron chi connectivity index (χ1n) is 5.97. The van der Waals surface area contributed by atoms with Gasteiger partial charge in [0.15, 0.2) is 5.03 Å². The van der Waals surface area contributed by atoms with Crippen molar-refractivity contribution in [2.24, 2.45) is 0 Å². The van der Waals surface area contributed by atoms with Crippen LogP contribution in [0.3, 0.4) is 0 Å². The van der Waals surface area contributed by atoms with Gasteiger partial charge in [-0.15, -0.1) is 0 Å². The molecular weight excluding hydrogens is 314 g/mol. The van der Waals surface area contributed by atoms with E-state index < -0.39 is 15.9 Å². The highest BCUT2D eigenvalue weighted by Gasteiger charge is 2.42. The Balaban J connectivity index is 2.01. The molecule has 0 saturated heterocycles. The van der Waals surface area contributed by atoms with Crippen molar-refractivity contribution in [1.82, 2.24) is 9.29 Å². The summed E-state index contributed by atoms with van der Waals surface area (Å²) in [5.41, 5.74) is 6.67. The van der Waals surface area contributed by atoms with Gasteiger partial charge in [0.05, 0.1) is 22.8 Å². The highest BCUT2D eigenvalue weighted by atomic mass is 35.5. The van der Waals surface area contributed by atoms with Crippen LogP contribution in [0.2, 0.25) is 5.02 Å². The topological polar surface area (TPSA) is 93.4 Å². The van der Waals surface area contributed by atoms with Crippen LogP contribution < -0.4 is 5.73 Å². The summed E-state index contributed by atoms with van der Waals surface area (Å²) in [7, 11) is -3.92. The number of hydrogen-bond acceptors (Lipinski definition) is 5. The molecule has 0 unspecified atom stereocenters. The maximum absolute atomic E-state index is 12.3. The van der Waals surface area contributed by atoms with Gasteiger partial charge in [0.25, 0.3) is 15.9 Å². The van der Waals surface area contributed by atoms with Crippen LogP contribution in [-0.2, 0) is 16.6 Å². The maximum Gasteiger partial charge on any atom is 0.285 e. The average Bonchev–Trinajstić information content (AvgIpc) is 2.65. The van der Waals surface area contributed by atoms with Gasteiger partial charge in [0, 0.05) is 6.20 Å². The van der Waals surface area contributed by atoms with Gasteiger partial charge in [-0.3, -0.25) is 4.79 Å². The van der Waals surface area contributed by atoms with Crippen LogP contribution in [0.15, 0.2) is 41.6 Å². The van der Waals surface area contributed by atoms with Crippen LogP contribution in [0.25, 0.3) is 0 Å². The predicted molar refractivity (Wildman–Crippen MR) is 77.2 cm³/mol. The lowest BCUT2D eigenvalue weighted by molar-refractivity contribution is 0.0865. The fourth-order valence-corrected chi connectivity index (χ4v) is 3.71. The number of halogens is 1. The highest BCUT2D eigenvalue weighted by Crippen LogP contribution is 2.30. The molecule has 0 spiro atoms. The Bertz CT molecular complexity index is 851. The van der Waals surface area contributed by atoms with Crippen LogP contribution in [0.4, 0.5) is 5.69 Å². The van der Waals surface area contributed by atoms with E-state index >= 15 is 0 Å². The summed E-state index contributed by atoms with van der Waals surface area (Å²) >= 11 is 5.82. The molecule has 2 aromatic rings. The fraction of sp³-hybridized carbons (Fsp3) is 0.0769. The minimum atomic E-state index is -3.92. The van der Waals surface area contributed by atoms with Crippen molar-refractivity contribution in [3.05, 3.63) is 52.7 Å². The number of rotatable bonds is 2. The zero-order valence-corrected chi connectivity index (χ0v) is 12.2. The van der Waals surface area contributed by atoms with E-state index in [9.17, 15) is 13.2 Å². The van der Waals surface area contributed by atoms with Gasteiger partial charge in [0.1, 0.15) is 0 Å². The number of hydrogen-bond donors (Lipinski definition) is 1. The van der Waals surface area contributed by atoms with E-state index in [1.54, 1.807) is 18.2 Å². The summed E-state index contributed by atoms with van der Waals surface area (Å²) in [4.78, 5) is 16.0. The van der Waals surface area contributed by atoms with Gasteiger partial charge in [0.2, 0.25) is 0 Å². The van der Waals surface area contributed by atoms with E-state index in [1.165, 1.54) is 18.3 Å². The summed E-state index contributed by atoms with van der Waals surface area (Å²) in [6.45, 7) is -0.112. The zero-order chi connectivity index (χ0) is 15.2. The first kappa shape index (κ1) is 13.8. The van der Waals surface area contributed by atoms with Crippen LogP contribution in [0.1, 0.15) is 15.9 Å². The zero-order valence-electron chi connectivity index (χ0n) is 10.7. The third-order valence-corrected chi connectivity index (χ3v) is 5.18. The molecule has 0 radical (unpaired) electrons. The Morgan fingerprint density at radius 2 is 2.05 bits per heavy atom. The third kappa shape index (κ3) is 2.14. The number of carbonyl (C=O) groups is 1. The molecule has 0 aliphatic carbocycles. The molecule has 0 fully saturated rings. The minimum absolute atomic E-state index is 0.0828. The SMILES string of the molecule is Nc1cc(CN2C(=O)c3cccnc3S2(=O)=O)ccc1Cl. The number of sulfonamides is 1. The van der Waals surface area contributed by atoms with Crippen molar-refractivity contribution in [2.45, 2.75) is 11.6 Å². The Kier molecular flexibility index (Phi) is 3.11. The molecule has 1 aliphatic rings. The van der Waals surface area contributed by atoms with Gasteiger partial charge in [-0.25, -0.2) is 9.29 Å². The number of nitrogen functional groups attached to an aromatic ring is 1. The monoisotopic (exact) mass is 323 g/mol. The quantitative estimate of drug-likeness (QED) is 0.848. The lowest BCUT2D eigenvalue weighted by Crippen LogP contribution is -2.29. The van der Waals surface area contributed by atoms with Gasteiger partial charge in [-0.05, 0) is 29.8 Å². The molecule has 1 amide bonds. The minimum Gasteiger partial charge on any atom is -0.398 e. The van der Waals surface area contributed by atoms with E-state index in [-0.39, 0.29) is 17.1 Å². The largest absolute Gasteiger partial charge is 0.398 e. The van der Waals surface area contributed by atoms with Crippen molar-refractivity contribution in [2.75, 3.05) is 5.73 Å². The second-order valence-corrected chi connectivity index (χ2v) is 6.71. The number of fused-ring (bicyclic) bond motifs is 1. The number of aromatic nitrogens is 1. The van der Waals surface area contributed by atoms with Crippen LogP contribution in [-0.4, -0.2) is 23.6 Å². The highest BCUT2D eigenvalue weighted by molar-refractivity contribution is 7.90. The lowest BCUT2D eigenvalue weighted by Gasteiger charge is -2.15. The Morgan fingerprint density at radius 3 is 2.71 bits per heavy atom. The molecular formula is C13H10ClN3O3S. The fourth-order valence-electron chi connectivity index (χ4n) is 2.12. The summed E-state index contributed by atoms with van der Waals surface area (Å²) in [5, 5.41) is 0.163. The summed E-state index contributed by atoms with van der Waals surface area (Å²) in [5.74, 6) is -0.591. The number of nitrogens with zero attached hydrogens (tertiary/aromatic N) is 2. The molecule has 21 heavy (non-hydrogen) atoms. The number of anilines is 1. The molecule has 1 aromatic heterocycles. The van der Waals surface area contributed by atoms with E-state index in [2.05, 4.69) is 4.98 Å². The lowest BCUT2D eigenvalue weighted by atomic mass is 10.2.